The van der Waals surface area contributed by atoms with Crippen molar-refractivity contribution < 1.29 is 42.5 Å². The van der Waals surface area contributed by atoms with Crippen LogP contribution in [0, 0.1) is 17.7 Å². The zero-order valence-corrected chi connectivity index (χ0v) is 24.1. The minimum atomic E-state index is -1.50. The molecule has 1 saturated heterocycles. The average Bonchev–Trinajstić information content (AvgIpc) is 2.91. The first kappa shape index (κ1) is 30.8. The molecule has 1 N–H and O–H groups in total. The minimum Gasteiger partial charge on any atom is -0.481 e. The number of halogens is 2. The summed E-state index contributed by atoms with van der Waals surface area (Å²) in [5, 5.41) is 9.63. The Labute approximate surface area is 245 Å². The van der Waals surface area contributed by atoms with Gasteiger partial charge >= 0.3 is 17.8 Å². The quantitative estimate of drug-likeness (QED) is 0.248. The maximum absolute atomic E-state index is 13.6. The fourth-order valence-corrected chi connectivity index (χ4v) is 5.34. The summed E-state index contributed by atoms with van der Waals surface area (Å²) in [6.45, 7) is 5.23. The molecule has 1 unspecified atom stereocenters. The normalized spacial score (nSPS) is 16.6. The van der Waals surface area contributed by atoms with Gasteiger partial charge < -0.3 is 28.6 Å². The molecular weight excluding hydrogens is 573 g/mol. The van der Waals surface area contributed by atoms with Gasteiger partial charge in [-0.1, -0.05) is 11.6 Å². The van der Waals surface area contributed by atoms with Gasteiger partial charge in [-0.2, -0.15) is 0 Å². The highest BCUT2D eigenvalue weighted by Crippen LogP contribution is 2.34. The zero-order chi connectivity index (χ0) is 30.6. The number of hydrogen-bond acceptors (Lipinski definition) is 8. The number of likely N-dealkylation sites (tertiary alicyclic amines) is 1. The van der Waals surface area contributed by atoms with Crippen LogP contribution in [0.2, 0.25) is 5.02 Å². The first-order chi connectivity index (χ1) is 19.9. The lowest BCUT2D eigenvalue weighted by atomic mass is 9.85. The molecule has 3 atom stereocenters. The number of fused-ring (bicyclic) bond motifs is 1. The third kappa shape index (κ3) is 7.39. The second kappa shape index (κ2) is 13.2. The second-order valence-electron chi connectivity index (χ2n) is 10.4. The summed E-state index contributed by atoms with van der Waals surface area (Å²) in [4.78, 5) is 50.9. The summed E-state index contributed by atoms with van der Waals surface area (Å²) < 4.78 is 34.9. The van der Waals surface area contributed by atoms with Gasteiger partial charge in [0.1, 0.15) is 23.8 Å². The summed E-state index contributed by atoms with van der Waals surface area (Å²) in [5.74, 6) is -2.37. The Hall–Kier alpha value is -4.12. The van der Waals surface area contributed by atoms with Crippen LogP contribution in [0.25, 0.3) is 22.1 Å². The van der Waals surface area contributed by atoms with Crippen LogP contribution < -0.4 is 10.4 Å². The van der Waals surface area contributed by atoms with Crippen LogP contribution in [0.1, 0.15) is 33.6 Å². The van der Waals surface area contributed by atoms with Crippen molar-refractivity contribution in [3.63, 3.8) is 0 Å². The van der Waals surface area contributed by atoms with Crippen LogP contribution in [0.15, 0.2) is 51.7 Å². The number of carbonyl (C=O) groups is 3. The smallest absolute Gasteiger partial charge is 0.481 e. The summed E-state index contributed by atoms with van der Waals surface area (Å²) in [5.41, 5.74) is 0.463. The van der Waals surface area contributed by atoms with E-state index in [4.69, 9.17) is 35.3 Å². The van der Waals surface area contributed by atoms with Gasteiger partial charge in [-0.05, 0) is 69.9 Å². The standard InChI is InChI=1S/C30H31ClFNO9/c1-16(2)40-29(36)24(15-39-30(37)38)18-5-4-10-33(14-18)28(35)17(3)41-20-7-9-22-23(13-27(34)42-26(22)12-20)21-8-6-19(32)11-25(21)31/h6-9,11-13,16-18,24H,4-5,10,14-15H2,1-3H3,(H,37,38)/t17-,18+,24?/m1/s1. The molecule has 2 heterocycles. The molecule has 12 heteroatoms. The number of benzene rings is 2. The van der Waals surface area contributed by atoms with E-state index in [0.29, 0.717) is 35.9 Å². The molecule has 1 fully saturated rings. The molecule has 0 aliphatic carbocycles. The van der Waals surface area contributed by atoms with Gasteiger partial charge in [-0.25, -0.2) is 14.0 Å². The highest BCUT2D eigenvalue weighted by Gasteiger charge is 2.37. The molecule has 1 amide bonds. The number of carbonyl (C=O) groups excluding carboxylic acids is 2. The van der Waals surface area contributed by atoms with Crippen molar-refractivity contribution in [2.75, 3.05) is 19.7 Å². The molecule has 0 spiro atoms. The van der Waals surface area contributed by atoms with Gasteiger partial charge in [0.25, 0.3) is 5.91 Å². The van der Waals surface area contributed by atoms with Crippen molar-refractivity contribution in [2.24, 2.45) is 11.8 Å². The molecule has 10 nitrogen and oxygen atoms in total. The molecular formula is C30H31ClFNO9. The predicted molar refractivity (Wildman–Crippen MR) is 151 cm³/mol. The SMILES string of the molecule is CC(C)OC(=O)C(COC(=O)O)[C@H]1CCCN(C(=O)[C@@H](C)Oc2ccc3c(-c4ccc(F)cc4Cl)cc(=O)oc3c2)C1. The van der Waals surface area contributed by atoms with E-state index in [0.717, 1.165) is 6.07 Å². The monoisotopic (exact) mass is 603 g/mol. The van der Waals surface area contributed by atoms with Gasteiger partial charge in [-0.15, -0.1) is 0 Å². The first-order valence-corrected chi connectivity index (χ1v) is 13.9. The summed E-state index contributed by atoms with van der Waals surface area (Å²) >= 11 is 6.23. The molecule has 0 bridgehead atoms. The number of rotatable bonds is 9. The molecule has 2 aromatic carbocycles. The van der Waals surface area contributed by atoms with Gasteiger partial charge in [0.15, 0.2) is 6.10 Å². The van der Waals surface area contributed by atoms with Crippen molar-refractivity contribution in [2.45, 2.75) is 45.8 Å². The number of hydrogen-bond donors (Lipinski definition) is 1. The summed E-state index contributed by atoms with van der Waals surface area (Å²) in [6.07, 6.45) is -1.64. The van der Waals surface area contributed by atoms with Gasteiger partial charge in [-0.3, -0.25) is 9.59 Å². The maximum Gasteiger partial charge on any atom is 0.505 e. The Balaban J connectivity index is 1.50. The number of piperidine rings is 1. The lowest BCUT2D eigenvalue weighted by Crippen LogP contribution is -2.49. The van der Waals surface area contributed by atoms with Crippen LogP contribution in [0.4, 0.5) is 9.18 Å². The van der Waals surface area contributed by atoms with Crippen molar-refractivity contribution in [3.8, 4) is 16.9 Å². The van der Waals surface area contributed by atoms with Crippen LogP contribution >= 0.6 is 11.6 Å². The van der Waals surface area contributed by atoms with Crippen LogP contribution in [0.3, 0.4) is 0 Å². The first-order valence-electron chi connectivity index (χ1n) is 13.5. The Morgan fingerprint density at radius 2 is 1.88 bits per heavy atom. The number of ether oxygens (including phenoxy) is 3. The Bertz CT molecular complexity index is 1540. The zero-order valence-electron chi connectivity index (χ0n) is 23.3. The van der Waals surface area contributed by atoms with E-state index >= 15 is 0 Å². The van der Waals surface area contributed by atoms with E-state index in [9.17, 15) is 23.6 Å². The van der Waals surface area contributed by atoms with Gasteiger partial charge in [0.05, 0.1) is 17.0 Å². The number of esters is 1. The van der Waals surface area contributed by atoms with Gasteiger partial charge in [0, 0.05) is 41.7 Å². The van der Waals surface area contributed by atoms with Crippen LogP contribution in [-0.2, 0) is 19.1 Å². The summed E-state index contributed by atoms with van der Waals surface area (Å²) in [7, 11) is 0. The molecule has 1 aliphatic rings. The molecule has 42 heavy (non-hydrogen) atoms. The maximum atomic E-state index is 13.6. The van der Waals surface area contributed by atoms with E-state index in [1.807, 2.05) is 0 Å². The van der Waals surface area contributed by atoms with E-state index in [2.05, 4.69) is 0 Å². The Morgan fingerprint density at radius 1 is 1.12 bits per heavy atom. The van der Waals surface area contributed by atoms with Crippen molar-refractivity contribution in [1.82, 2.24) is 4.90 Å². The Kier molecular flexibility index (Phi) is 9.72. The molecule has 0 radical (unpaired) electrons. The van der Waals surface area contributed by atoms with Crippen molar-refractivity contribution >= 4 is 40.6 Å². The molecule has 4 rings (SSSR count). The number of amides is 1. The molecule has 1 aliphatic heterocycles. The van der Waals surface area contributed by atoms with Crippen molar-refractivity contribution in [3.05, 3.63) is 63.7 Å². The molecule has 224 valence electrons. The third-order valence-corrected chi connectivity index (χ3v) is 7.29. The third-order valence-electron chi connectivity index (χ3n) is 6.98. The predicted octanol–water partition coefficient (Wildman–Crippen LogP) is 5.52. The lowest BCUT2D eigenvalue weighted by molar-refractivity contribution is -0.158. The van der Waals surface area contributed by atoms with E-state index in [1.165, 1.54) is 24.3 Å². The number of nitrogens with zero attached hydrogens (tertiary/aromatic N) is 1. The highest BCUT2D eigenvalue weighted by molar-refractivity contribution is 6.33. The van der Waals surface area contributed by atoms with E-state index in [1.54, 1.807) is 37.8 Å². The molecule has 3 aromatic rings. The molecule has 0 saturated carbocycles. The lowest BCUT2D eigenvalue weighted by Gasteiger charge is -2.37. The highest BCUT2D eigenvalue weighted by atomic mass is 35.5. The van der Waals surface area contributed by atoms with Crippen LogP contribution in [-0.4, -0.2) is 59.9 Å². The average molecular weight is 604 g/mol. The van der Waals surface area contributed by atoms with Gasteiger partial charge in [0.2, 0.25) is 0 Å². The fraction of sp³-hybridized carbons (Fsp3) is 0.400. The number of carboxylic acid groups (broad SMARTS) is 1. The van der Waals surface area contributed by atoms with E-state index < -0.39 is 41.7 Å². The van der Waals surface area contributed by atoms with E-state index in [-0.39, 0.29) is 41.3 Å². The minimum absolute atomic E-state index is 0.135. The summed E-state index contributed by atoms with van der Waals surface area (Å²) in [6, 6.07) is 9.91. The largest absolute Gasteiger partial charge is 0.505 e. The second-order valence-corrected chi connectivity index (χ2v) is 10.8. The van der Waals surface area contributed by atoms with Crippen LogP contribution in [0.5, 0.6) is 5.75 Å². The van der Waals surface area contributed by atoms with Crippen molar-refractivity contribution in [1.29, 1.82) is 0 Å². The Morgan fingerprint density at radius 3 is 2.57 bits per heavy atom. The fourth-order valence-electron chi connectivity index (χ4n) is 5.07. The topological polar surface area (TPSA) is 133 Å². The molecule has 1 aromatic heterocycles.